The van der Waals surface area contributed by atoms with Crippen LogP contribution in [0.2, 0.25) is 0 Å². The quantitative estimate of drug-likeness (QED) is 0.468. The first kappa shape index (κ1) is 28.9. The van der Waals surface area contributed by atoms with Crippen molar-refractivity contribution in [2.24, 2.45) is 11.3 Å². The van der Waals surface area contributed by atoms with Crippen LogP contribution in [-0.2, 0) is 15.0 Å². The molecule has 186 valence electrons. The largest absolute Gasteiger partial charge is 0.392 e. The minimum Gasteiger partial charge on any atom is -0.392 e. The van der Waals surface area contributed by atoms with E-state index in [1.54, 1.807) is 19.0 Å². The van der Waals surface area contributed by atoms with E-state index in [4.69, 9.17) is 0 Å². The smallest absolute Gasteiger partial charge is 0.245 e. The number of hydrogen-bond acceptors (Lipinski definition) is 4. The van der Waals surface area contributed by atoms with Gasteiger partial charge in [0.05, 0.1) is 18.7 Å². The molecule has 0 bridgehead atoms. The van der Waals surface area contributed by atoms with Gasteiger partial charge >= 0.3 is 0 Å². The Labute approximate surface area is 200 Å². The number of carbonyl (C=O) groups is 2. The van der Waals surface area contributed by atoms with Crippen LogP contribution in [0.5, 0.6) is 0 Å². The predicted molar refractivity (Wildman–Crippen MR) is 136 cm³/mol. The monoisotopic (exact) mass is 459 g/mol. The standard InChI is InChI=1S/C27H45N3O3/c1-18(2)21(16-19(3)17-31)30(10)25(33)23(26(4,5)6)29-24(32)22(28-9)27(7,8)20-14-12-11-13-15-20/h11-16,18,21-23,28,31H,17H2,1-10H3,(H,29,32)/b19-16+/t21-,22-,23-/m1/s1. The third-order valence-electron chi connectivity index (χ3n) is 6.37. The molecule has 3 N–H and O–H groups in total. The van der Waals surface area contributed by atoms with Gasteiger partial charge in [-0.2, -0.15) is 0 Å². The lowest BCUT2D eigenvalue weighted by Gasteiger charge is -2.40. The molecule has 1 aromatic rings. The van der Waals surface area contributed by atoms with Crippen LogP contribution in [-0.4, -0.2) is 60.6 Å². The fraction of sp³-hybridized carbons (Fsp3) is 0.630. The molecule has 1 rings (SSSR count). The fourth-order valence-corrected chi connectivity index (χ4v) is 4.17. The highest BCUT2D eigenvalue weighted by atomic mass is 16.3. The third kappa shape index (κ3) is 7.41. The topological polar surface area (TPSA) is 81.7 Å². The molecular formula is C27H45N3O3. The Kier molecular flexibility index (Phi) is 10.3. The Bertz CT molecular complexity index is 810. The number of nitrogens with one attached hydrogen (secondary N) is 2. The van der Waals surface area contributed by atoms with E-state index in [0.717, 1.165) is 11.1 Å². The van der Waals surface area contributed by atoms with Crippen molar-refractivity contribution in [1.29, 1.82) is 0 Å². The van der Waals surface area contributed by atoms with Crippen molar-refractivity contribution in [2.75, 3.05) is 20.7 Å². The van der Waals surface area contributed by atoms with Crippen LogP contribution in [0.15, 0.2) is 42.0 Å². The number of carbonyl (C=O) groups excluding carboxylic acids is 2. The second-order valence-corrected chi connectivity index (χ2v) is 11.0. The lowest BCUT2D eigenvalue weighted by atomic mass is 9.76. The van der Waals surface area contributed by atoms with Gasteiger partial charge in [0.1, 0.15) is 6.04 Å². The highest BCUT2D eigenvalue weighted by Crippen LogP contribution is 2.29. The third-order valence-corrected chi connectivity index (χ3v) is 6.37. The molecule has 6 heteroatoms. The summed E-state index contributed by atoms with van der Waals surface area (Å²) in [6.07, 6.45) is 1.93. The number of aliphatic hydroxyl groups excluding tert-OH is 1. The van der Waals surface area contributed by atoms with E-state index in [0.29, 0.717) is 0 Å². The first-order valence-corrected chi connectivity index (χ1v) is 11.8. The lowest BCUT2D eigenvalue weighted by Crippen LogP contribution is -2.61. The van der Waals surface area contributed by atoms with Crippen LogP contribution in [0.4, 0.5) is 0 Å². The van der Waals surface area contributed by atoms with Gasteiger partial charge in [-0.1, -0.05) is 90.4 Å². The summed E-state index contributed by atoms with van der Waals surface area (Å²) in [5, 5.41) is 15.7. The minimum atomic E-state index is -0.707. The number of benzene rings is 1. The lowest BCUT2D eigenvalue weighted by molar-refractivity contribution is -0.140. The van der Waals surface area contributed by atoms with Crippen LogP contribution < -0.4 is 10.6 Å². The molecule has 1 aromatic carbocycles. The van der Waals surface area contributed by atoms with E-state index in [-0.39, 0.29) is 30.4 Å². The molecule has 2 amide bonds. The molecule has 0 unspecified atom stereocenters. The van der Waals surface area contributed by atoms with Gasteiger partial charge in [-0.05, 0) is 30.9 Å². The average Bonchev–Trinajstić information content (AvgIpc) is 2.74. The molecule has 0 saturated carbocycles. The molecular weight excluding hydrogens is 414 g/mol. The molecule has 0 radical (unpaired) electrons. The molecule has 0 spiro atoms. The van der Waals surface area contributed by atoms with Gasteiger partial charge in [0.25, 0.3) is 0 Å². The molecule has 0 aliphatic carbocycles. The number of rotatable bonds is 10. The summed E-state index contributed by atoms with van der Waals surface area (Å²) >= 11 is 0. The normalized spacial score (nSPS) is 15.7. The maximum Gasteiger partial charge on any atom is 0.245 e. The number of amides is 2. The molecule has 6 nitrogen and oxygen atoms in total. The zero-order valence-electron chi connectivity index (χ0n) is 22.2. The Morgan fingerprint density at radius 2 is 1.61 bits per heavy atom. The average molecular weight is 460 g/mol. The van der Waals surface area contributed by atoms with E-state index in [1.807, 2.05) is 91.8 Å². The molecule has 0 heterocycles. The second kappa shape index (κ2) is 11.8. The van der Waals surface area contributed by atoms with Crippen LogP contribution in [0.3, 0.4) is 0 Å². The van der Waals surface area contributed by atoms with Gasteiger partial charge in [0.15, 0.2) is 0 Å². The first-order chi connectivity index (χ1) is 15.2. The van der Waals surface area contributed by atoms with E-state index in [2.05, 4.69) is 10.6 Å². The second-order valence-electron chi connectivity index (χ2n) is 11.0. The molecule has 0 aromatic heterocycles. The highest BCUT2D eigenvalue weighted by Gasteiger charge is 2.41. The fourth-order valence-electron chi connectivity index (χ4n) is 4.17. The number of aliphatic hydroxyl groups is 1. The molecule has 33 heavy (non-hydrogen) atoms. The van der Waals surface area contributed by atoms with Gasteiger partial charge in [-0.15, -0.1) is 0 Å². The van der Waals surface area contributed by atoms with Crippen LogP contribution in [0, 0.1) is 11.3 Å². The van der Waals surface area contributed by atoms with E-state index in [1.165, 1.54) is 0 Å². The SMILES string of the molecule is CN[C@H](C(=O)N[C@H](C(=O)N(C)[C@H](/C=C(\C)CO)C(C)C)C(C)(C)C)C(C)(C)c1ccccc1. The number of likely N-dealkylation sites (N-methyl/N-ethyl adjacent to an activating group) is 2. The minimum absolute atomic E-state index is 0.0525. The Morgan fingerprint density at radius 3 is 2.03 bits per heavy atom. The highest BCUT2D eigenvalue weighted by molar-refractivity contribution is 5.91. The summed E-state index contributed by atoms with van der Waals surface area (Å²) in [6.45, 7) is 15.8. The van der Waals surface area contributed by atoms with Crippen molar-refractivity contribution in [3.8, 4) is 0 Å². The van der Waals surface area contributed by atoms with Crippen LogP contribution in [0.25, 0.3) is 0 Å². The molecule has 0 saturated heterocycles. The summed E-state index contributed by atoms with van der Waals surface area (Å²) < 4.78 is 0. The van der Waals surface area contributed by atoms with Gasteiger partial charge in [-0.3, -0.25) is 9.59 Å². The summed E-state index contributed by atoms with van der Waals surface area (Å²) in [6, 6.07) is 8.49. The first-order valence-electron chi connectivity index (χ1n) is 11.8. The van der Waals surface area contributed by atoms with Gasteiger partial charge < -0.3 is 20.6 Å². The molecule has 0 fully saturated rings. The summed E-state index contributed by atoms with van der Waals surface area (Å²) in [5.41, 5.74) is 0.871. The zero-order valence-corrected chi connectivity index (χ0v) is 22.2. The summed E-state index contributed by atoms with van der Waals surface area (Å²) in [4.78, 5) is 28.9. The Morgan fingerprint density at radius 1 is 1.06 bits per heavy atom. The van der Waals surface area contributed by atoms with Crippen molar-refractivity contribution in [3.05, 3.63) is 47.5 Å². The zero-order chi connectivity index (χ0) is 25.6. The van der Waals surface area contributed by atoms with Gasteiger partial charge in [0.2, 0.25) is 11.8 Å². The van der Waals surface area contributed by atoms with E-state index >= 15 is 0 Å². The Hall–Kier alpha value is -2.18. The van der Waals surface area contributed by atoms with E-state index < -0.39 is 22.9 Å². The number of nitrogens with zero attached hydrogens (tertiary/aromatic N) is 1. The predicted octanol–water partition coefficient (Wildman–Crippen LogP) is 3.50. The van der Waals surface area contributed by atoms with Crippen molar-refractivity contribution >= 4 is 11.8 Å². The Balaban J connectivity index is 3.25. The van der Waals surface area contributed by atoms with Crippen LogP contribution >= 0.6 is 0 Å². The molecule has 0 aliphatic heterocycles. The van der Waals surface area contributed by atoms with Gasteiger partial charge in [0, 0.05) is 12.5 Å². The van der Waals surface area contributed by atoms with Crippen molar-refractivity contribution in [2.45, 2.75) is 78.9 Å². The maximum atomic E-state index is 13.7. The van der Waals surface area contributed by atoms with Crippen LogP contribution in [0.1, 0.15) is 61.0 Å². The van der Waals surface area contributed by atoms with Crippen molar-refractivity contribution < 1.29 is 14.7 Å². The van der Waals surface area contributed by atoms with Gasteiger partial charge in [-0.25, -0.2) is 0 Å². The van der Waals surface area contributed by atoms with E-state index in [9.17, 15) is 14.7 Å². The molecule has 3 atom stereocenters. The summed E-state index contributed by atoms with van der Waals surface area (Å²) in [7, 11) is 3.54. The number of hydrogen-bond donors (Lipinski definition) is 3. The maximum absolute atomic E-state index is 13.7. The van der Waals surface area contributed by atoms with Crippen molar-refractivity contribution in [1.82, 2.24) is 15.5 Å². The van der Waals surface area contributed by atoms with Crippen molar-refractivity contribution in [3.63, 3.8) is 0 Å². The summed E-state index contributed by atoms with van der Waals surface area (Å²) in [5.74, 6) is -0.209. The molecule has 0 aliphatic rings.